The van der Waals surface area contributed by atoms with Gasteiger partial charge in [0, 0.05) is 18.1 Å². The van der Waals surface area contributed by atoms with E-state index in [4.69, 9.17) is 9.15 Å². The molecule has 24 heavy (non-hydrogen) atoms. The molecule has 1 aliphatic rings. The number of aromatic nitrogens is 1. The second kappa shape index (κ2) is 6.26. The van der Waals surface area contributed by atoms with Gasteiger partial charge in [-0.25, -0.2) is 9.78 Å². The summed E-state index contributed by atoms with van der Waals surface area (Å²) in [6, 6.07) is 4.77. The van der Waals surface area contributed by atoms with Gasteiger partial charge in [-0.1, -0.05) is 0 Å². The zero-order valence-electron chi connectivity index (χ0n) is 14.2. The van der Waals surface area contributed by atoms with Crippen LogP contribution < -0.4 is 0 Å². The van der Waals surface area contributed by atoms with Crippen LogP contribution >= 0.6 is 0 Å². The van der Waals surface area contributed by atoms with Gasteiger partial charge in [-0.05, 0) is 58.2 Å². The molecule has 0 N–H and O–H groups in total. The molecule has 0 saturated carbocycles. The molecule has 3 rings (SSSR count). The molecule has 0 aliphatic carbocycles. The molecule has 1 amide bonds. The van der Waals surface area contributed by atoms with Crippen molar-refractivity contribution in [3.05, 3.63) is 30.2 Å². The number of hydrogen-bond donors (Lipinski definition) is 0. The maximum absolute atomic E-state index is 12.9. The molecule has 128 valence electrons. The van der Waals surface area contributed by atoms with Gasteiger partial charge in [0.25, 0.3) is 0 Å². The molecular formula is C18H22N2O4. The Labute approximate surface area is 140 Å². The van der Waals surface area contributed by atoms with Gasteiger partial charge < -0.3 is 9.15 Å². The molecule has 2 aromatic rings. The van der Waals surface area contributed by atoms with E-state index < -0.39 is 17.7 Å². The Balaban J connectivity index is 1.84. The van der Waals surface area contributed by atoms with E-state index in [1.54, 1.807) is 18.3 Å². The van der Waals surface area contributed by atoms with Crippen molar-refractivity contribution in [2.24, 2.45) is 0 Å². The summed E-state index contributed by atoms with van der Waals surface area (Å²) in [5.41, 5.74) is -0.161. The Morgan fingerprint density at radius 2 is 2.12 bits per heavy atom. The molecule has 6 heteroatoms. The van der Waals surface area contributed by atoms with Crippen molar-refractivity contribution < 1.29 is 18.7 Å². The molecule has 3 heterocycles. The van der Waals surface area contributed by atoms with Crippen LogP contribution in [0.15, 0.2) is 28.8 Å². The van der Waals surface area contributed by atoms with Crippen LogP contribution in [0.2, 0.25) is 0 Å². The van der Waals surface area contributed by atoms with Crippen molar-refractivity contribution in [2.75, 3.05) is 6.54 Å². The van der Waals surface area contributed by atoms with Crippen molar-refractivity contribution in [2.45, 2.75) is 51.7 Å². The molecule has 1 aliphatic heterocycles. The Hall–Kier alpha value is -2.37. The van der Waals surface area contributed by atoms with Gasteiger partial charge in [0.1, 0.15) is 11.6 Å². The van der Waals surface area contributed by atoms with Gasteiger partial charge in [0.05, 0.1) is 0 Å². The molecule has 1 fully saturated rings. The number of rotatable bonds is 2. The predicted molar refractivity (Wildman–Crippen MR) is 88.9 cm³/mol. The summed E-state index contributed by atoms with van der Waals surface area (Å²) in [4.78, 5) is 31.0. The van der Waals surface area contributed by atoms with Crippen LogP contribution in [0.4, 0.5) is 4.79 Å². The number of nitrogens with zero attached hydrogens (tertiary/aromatic N) is 2. The summed E-state index contributed by atoms with van der Waals surface area (Å²) < 4.78 is 11.0. The molecule has 1 saturated heterocycles. The van der Waals surface area contributed by atoms with Crippen molar-refractivity contribution in [1.82, 2.24) is 9.88 Å². The largest absolute Gasteiger partial charge is 0.444 e. The first kappa shape index (κ1) is 16.5. The van der Waals surface area contributed by atoms with Crippen LogP contribution in [-0.4, -0.2) is 39.9 Å². The van der Waals surface area contributed by atoms with Crippen molar-refractivity contribution in [3.8, 4) is 0 Å². The minimum Gasteiger partial charge on any atom is -0.444 e. The molecule has 0 aromatic carbocycles. The van der Waals surface area contributed by atoms with E-state index in [1.165, 1.54) is 4.90 Å². The maximum Gasteiger partial charge on any atom is 0.410 e. The first-order chi connectivity index (χ1) is 11.3. The number of piperidine rings is 1. The number of furan rings is 1. The summed E-state index contributed by atoms with van der Waals surface area (Å²) in [5, 5.41) is 0.778. The fourth-order valence-electron chi connectivity index (χ4n) is 2.90. The standard InChI is InChI=1S/C18H22N2O4/c1-18(2,3)24-17(22)20-10-5-4-8-13(20)15(21)14-11-12-7-6-9-19-16(12)23-14/h6-7,9,11,13H,4-5,8,10H2,1-3H3. The lowest BCUT2D eigenvalue weighted by Gasteiger charge is -2.35. The summed E-state index contributed by atoms with van der Waals surface area (Å²) in [6.07, 6.45) is 3.55. The zero-order valence-corrected chi connectivity index (χ0v) is 14.2. The highest BCUT2D eigenvalue weighted by Gasteiger charge is 2.36. The van der Waals surface area contributed by atoms with E-state index >= 15 is 0 Å². The van der Waals surface area contributed by atoms with Gasteiger partial charge in [-0.3, -0.25) is 9.69 Å². The number of likely N-dealkylation sites (tertiary alicyclic amines) is 1. The highest BCUT2D eigenvalue weighted by Crippen LogP contribution is 2.25. The molecule has 1 unspecified atom stereocenters. The van der Waals surface area contributed by atoms with E-state index in [2.05, 4.69) is 4.98 Å². The number of ketones is 1. The minimum atomic E-state index is -0.592. The lowest BCUT2D eigenvalue weighted by molar-refractivity contribution is 0.0101. The monoisotopic (exact) mass is 330 g/mol. The summed E-state index contributed by atoms with van der Waals surface area (Å²) in [5.74, 6) is 0.0442. The summed E-state index contributed by atoms with van der Waals surface area (Å²) >= 11 is 0. The fourth-order valence-corrected chi connectivity index (χ4v) is 2.90. The number of amides is 1. The number of carbonyl (C=O) groups excluding carboxylic acids is 2. The summed E-state index contributed by atoms with van der Waals surface area (Å²) in [7, 11) is 0. The minimum absolute atomic E-state index is 0.196. The van der Waals surface area contributed by atoms with Crippen molar-refractivity contribution in [3.63, 3.8) is 0 Å². The highest BCUT2D eigenvalue weighted by molar-refractivity contribution is 6.01. The molecule has 1 atom stereocenters. The molecule has 2 aromatic heterocycles. The fraction of sp³-hybridized carbons (Fsp3) is 0.500. The van der Waals surface area contributed by atoms with Gasteiger partial charge >= 0.3 is 6.09 Å². The molecule has 0 bridgehead atoms. The third-order valence-corrected chi connectivity index (χ3v) is 3.97. The Morgan fingerprint density at radius 1 is 1.33 bits per heavy atom. The number of hydrogen-bond acceptors (Lipinski definition) is 5. The Kier molecular flexibility index (Phi) is 4.30. The second-order valence-corrected chi connectivity index (χ2v) is 7.06. The number of carbonyl (C=O) groups is 2. The van der Waals surface area contributed by atoms with Crippen LogP contribution in [0.3, 0.4) is 0 Å². The number of fused-ring (bicyclic) bond motifs is 1. The van der Waals surface area contributed by atoms with Gasteiger partial charge in [0.15, 0.2) is 5.76 Å². The quantitative estimate of drug-likeness (QED) is 0.783. The lowest BCUT2D eigenvalue weighted by Crippen LogP contribution is -2.49. The summed E-state index contributed by atoms with van der Waals surface area (Å²) in [6.45, 7) is 5.97. The SMILES string of the molecule is CC(C)(C)OC(=O)N1CCCCC1C(=O)c1cc2cccnc2o1. The molecular weight excluding hydrogens is 308 g/mol. The van der Waals surface area contributed by atoms with Crippen LogP contribution in [0.5, 0.6) is 0 Å². The van der Waals surface area contributed by atoms with Crippen LogP contribution in [0, 0.1) is 0 Å². The van der Waals surface area contributed by atoms with E-state index in [-0.39, 0.29) is 11.5 Å². The molecule has 0 radical (unpaired) electrons. The van der Waals surface area contributed by atoms with Crippen LogP contribution in [-0.2, 0) is 4.74 Å². The van der Waals surface area contributed by atoms with Crippen molar-refractivity contribution in [1.29, 1.82) is 0 Å². The van der Waals surface area contributed by atoms with E-state index in [0.717, 1.165) is 18.2 Å². The second-order valence-electron chi connectivity index (χ2n) is 7.06. The average Bonchev–Trinajstić information content (AvgIpc) is 2.96. The predicted octanol–water partition coefficient (Wildman–Crippen LogP) is 3.80. The van der Waals surface area contributed by atoms with Gasteiger partial charge in [-0.2, -0.15) is 0 Å². The first-order valence-corrected chi connectivity index (χ1v) is 8.23. The lowest BCUT2D eigenvalue weighted by atomic mass is 9.97. The van der Waals surface area contributed by atoms with Gasteiger partial charge in [-0.15, -0.1) is 0 Å². The van der Waals surface area contributed by atoms with E-state index in [0.29, 0.717) is 18.7 Å². The number of pyridine rings is 1. The normalized spacial score (nSPS) is 18.6. The van der Waals surface area contributed by atoms with Crippen LogP contribution in [0.25, 0.3) is 11.1 Å². The molecule has 0 spiro atoms. The Morgan fingerprint density at radius 3 is 2.83 bits per heavy atom. The zero-order chi connectivity index (χ0) is 17.3. The van der Waals surface area contributed by atoms with Crippen LogP contribution in [0.1, 0.15) is 50.6 Å². The number of Topliss-reactive ketones (excluding diaryl/α,β-unsaturated/α-hetero) is 1. The first-order valence-electron chi connectivity index (χ1n) is 8.23. The topological polar surface area (TPSA) is 72.6 Å². The third-order valence-electron chi connectivity index (χ3n) is 3.97. The van der Waals surface area contributed by atoms with Gasteiger partial charge in [0.2, 0.25) is 11.5 Å². The average molecular weight is 330 g/mol. The van der Waals surface area contributed by atoms with E-state index in [9.17, 15) is 9.59 Å². The Bertz CT molecular complexity index is 727. The van der Waals surface area contributed by atoms with E-state index in [1.807, 2.05) is 26.8 Å². The molecule has 6 nitrogen and oxygen atoms in total. The number of ether oxygens (including phenoxy) is 1. The third kappa shape index (κ3) is 3.42. The highest BCUT2D eigenvalue weighted by atomic mass is 16.6. The maximum atomic E-state index is 12.9. The smallest absolute Gasteiger partial charge is 0.410 e. The van der Waals surface area contributed by atoms with Crippen molar-refractivity contribution >= 4 is 23.0 Å².